The van der Waals surface area contributed by atoms with Crippen molar-refractivity contribution in [2.45, 2.75) is 46.5 Å². The zero-order valence-electron chi connectivity index (χ0n) is 16.7. The highest BCUT2D eigenvalue weighted by atomic mass is 16.5. The molecule has 0 N–H and O–H groups in total. The van der Waals surface area contributed by atoms with Crippen molar-refractivity contribution in [2.75, 3.05) is 11.4 Å². The van der Waals surface area contributed by atoms with Crippen LogP contribution in [0.15, 0.2) is 42.5 Å². The number of ether oxygens (including phenoxy) is 1. The molecule has 2 aromatic carbocycles. The SMILES string of the molecule is Cc1ccc(N2C[C@H](C(=O)Oc3ccc(C(C)(C)C)cc3)CC2=O)c(C)c1. The highest BCUT2D eigenvalue weighted by molar-refractivity contribution is 6.00. The molecule has 0 radical (unpaired) electrons. The number of benzene rings is 2. The molecule has 0 bridgehead atoms. The summed E-state index contributed by atoms with van der Waals surface area (Å²) in [5, 5.41) is 0. The Morgan fingerprint density at radius 2 is 1.74 bits per heavy atom. The molecule has 2 aromatic rings. The summed E-state index contributed by atoms with van der Waals surface area (Å²) in [5.41, 5.74) is 4.29. The van der Waals surface area contributed by atoms with Gasteiger partial charge in [0.1, 0.15) is 5.75 Å². The first-order valence-corrected chi connectivity index (χ1v) is 9.35. The van der Waals surface area contributed by atoms with Gasteiger partial charge >= 0.3 is 5.97 Å². The monoisotopic (exact) mass is 365 g/mol. The van der Waals surface area contributed by atoms with Gasteiger partial charge in [0.05, 0.1) is 5.92 Å². The molecule has 27 heavy (non-hydrogen) atoms. The highest BCUT2D eigenvalue weighted by Gasteiger charge is 2.37. The fourth-order valence-electron chi connectivity index (χ4n) is 3.43. The molecule has 0 unspecified atom stereocenters. The van der Waals surface area contributed by atoms with E-state index in [4.69, 9.17) is 4.74 Å². The molecule has 1 fully saturated rings. The van der Waals surface area contributed by atoms with Gasteiger partial charge in [-0.3, -0.25) is 9.59 Å². The first-order valence-electron chi connectivity index (χ1n) is 9.35. The zero-order valence-corrected chi connectivity index (χ0v) is 16.7. The van der Waals surface area contributed by atoms with Crippen LogP contribution in [-0.4, -0.2) is 18.4 Å². The van der Waals surface area contributed by atoms with Gasteiger partial charge < -0.3 is 9.64 Å². The predicted molar refractivity (Wildman–Crippen MR) is 107 cm³/mol. The number of aryl methyl sites for hydroxylation is 2. The van der Waals surface area contributed by atoms with Crippen LogP contribution in [0, 0.1) is 19.8 Å². The Kier molecular flexibility index (Phi) is 5.09. The van der Waals surface area contributed by atoms with E-state index < -0.39 is 5.92 Å². The summed E-state index contributed by atoms with van der Waals surface area (Å²) in [6.45, 7) is 10.8. The van der Waals surface area contributed by atoms with Crippen LogP contribution in [0.1, 0.15) is 43.9 Å². The summed E-state index contributed by atoms with van der Waals surface area (Å²) >= 11 is 0. The largest absolute Gasteiger partial charge is 0.426 e. The Bertz CT molecular complexity index is 862. The smallest absolute Gasteiger partial charge is 0.316 e. The molecule has 1 amide bonds. The minimum atomic E-state index is -0.444. The first kappa shape index (κ1) is 19.2. The second-order valence-electron chi connectivity index (χ2n) is 8.39. The molecule has 1 atom stereocenters. The number of esters is 1. The van der Waals surface area contributed by atoms with E-state index in [1.165, 1.54) is 5.56 Å². The van der Waals surface area contributed by atoms with Crippen LogP contribution in [0.25, 0.3) is 0 Å². The van der Waals surface area contributed by atoms with E-state index in [1.54, 1.807) is 4.90 Å². The molecule has 1 heterocycles. The molecular formula is C23H27NO3. The first-order chi connectivity index (χ1) is 12.6. The lowest BCUT2D eigenvalue weighted by molar-refractivity contribution is -0.139. The fraction of sp³-hybridized carbons (Fsp3) is 0.391. The summed E-state index contributed by atoms with van der Waals surface area (Å²) in [4.78, 5) is 26.7. The Labute approximate surface area is 161 Å². The molecular weight excluding hydrogens is 338 g/mol. The van der Waals surface area contributed by atoms with E-state index in [9.17, 15) is 9.59 Å². The van der Waals surface area contributed by atoms with Gasteiger partial charge in [0.15, 0.2) is 0 Å². The van der Waals surface area contributed by atoms with Crippen LogP contribution in [0.5, 0.6) is 5.75 Å². The summed E-state index contributed by atoms with van der Waals surface area (Å²) in [5.74, 6) is -0.308. The highest BCUT2D eigenvalue weighted by Crippen LogP contribution is 2.30. The van der Waals surface area contributed by atoms with Gasteiger partial charge in [-0.2, -0.15) is 0 Å². The van der Waals surface area contributed by atoms with E-state index in [2.05, 4.69) is 20.8 Å². The number of carbonyl (C=O) groups excluding carboxylic acids is 2. The average molecular weight is 365 g/mol. The molecule has 4 heteroatoms. The maximum atomic E-state index is 12.6. The van der Waals surface area contributed by atoms with E-state index in [0.29, 0.717) is 12.3 Å². The van der Waals surface area contributed by atoms with Crippen molar-refractivity contribution in [1.82, 2.24) is 0 Å². The number of rotatable bonds is 3. The molecule has 0 spiro atoms. The minimum absolute atomic E-state index is 0.0352. The van der Waals surface area contributed by atoms with Crippen molar-refractivity contribution < 1.29 is 14.3 Å². The van der Waals surface area contributed by atoms with Gasteiger partial charge in [-0.1, -0.05) is 50.6 Å². The van der Waals surface area contributed by atoms with E-state index in [-0.39, 0.29) is 23.7 Å². The summed E-state index contributed by atoms with van der Waals surface area (Å²) < 4.78 is 5.53. The van der Waals surface area contributed by atoms with Crippen molar-refractivity contribution >= 4 is 17.6 Å². The summed E-state index contributed by atoms with van der Waals surface area (Å²) in [7, 11) is 0. The van der Waals surface area contributed by atoms with Crippen LogP contribution in [0.4, 0.5) is 5.69 Å². The Hall–Kier alpha value is -2.62. The van der Waals surface area contributed by atoms with Crippen LogP contribution in [0.3, 0.4) is 0 Å². The second-order valence-corrected chi connectivity index (χ2v) is 8.39. The van der Waals surface area contributed by atoms with Gasteiger partial charge in [-0.25, -0.2) is 0 Å². The Morgan fingerprint density at radius 1 is 1.07 bits per heavy atom. The average Bonchev–Trinajstić information content (AvgIpc) is 2.96. The third-order valence-electron chi connectivity index (χ3n) is 5.04. The topological polar surface area (TPSA) is 46.6 Å². The molecule has 1 aliphatic rings. The molecule has 3 rings (SSSR count). The standard InChI is InChI=1S/C23H27NO3/c1-15-6-11-20(16(2)12-15)24-14-17(13-21(24)25)22(26)27-19-9-7-18(8-10-19)23(3,4)5/h6-12,17H,13-14H2,1-5H3/t17-/m1/s1. The summed E-state index contributed by atoms with van der Waals surface area (Å²) in [6, 6.07) is 13.6. The fourth-order valence-corrected chi connectivity index (χ4v) is 3.43. The third kappa shape index (κ3) is 4.21. The van der Waals surface area contributed by atoms with Crippen LogP contribution in [-0.2, 0) is 15.0 Å². The maximum Gasteiger partial charge on any atom is 0.316 e. The lowest BCUT2D eigenvalue weighted by atomic mass is 9.87. The number of amides is 1. The van der Waals surface area contributed by atoms with Crippen molar-refractivity contribution in [1.29, 1.82) is 0 Å². The van der Waals surface area contributed by atoms with Gasteiger partial charge in [0.2, 0.25) is 5.91 Å². The quantitative estimate of drug-likeness (QED) is 0.592. The van der Waals surface area contributed by atoms with Crippen LogP contribution < -0.4 is 9.64 Å². The van der Waals surface area contributed by atoms with Crippen molar-refractivity contribution in [2.24, 2.45) is 5.92 Å². The van der Waals surface area contributed by atoms with Crippen molar-refractivity contribution in [3.8, 4) is 5.75 Å². The number of hydrogen-bond acceptors (Lipinski definition) is 3. The van der Waals surface area contributed by atoms with Gasteiger partial charge in [0, 0.05) is 18.7 Å². The van der Waals surface area contributed by atoms with Gasteiger partial charge in [-0.05, 0) is 48.6 Å². The van der Waals surface area contributed by atoms with Crippen LogP contribution >= 0.6 is 0 Å². The molecule has 142 valence electrons. The maximum absolute atomic E-state index is 12.6. The van der Waals surface area contributed by atoms with Crippen LogP contribution in [0.2, 0.25) is 0 Å². The van der Waals surface area contributed by atoms with Crippen molar-refractivity contribution in [3.63, 3.8) is 0 Å². The predicted octanol–water partition coefficient (Wildman–Crippen LogP) is 4.56. The molecule has 1 aliphatic heterocycles. The van der Waals surface area contributed by atoms with Gasteiger partial charge in [-0.15, -0.1) is 0 Å². The number of carbonyl (C=O) groups is 2. The Morgan fingerprint density at radius 3 is 2.33 bits per heavy atom. The normalized spacial score (nSPS) is 17.3. The molecule has 4 nitrogen and oxygen atoms in total. The number of anilines is 1. The number of hydrogen-bond donors (Lipinski definition) is 0. The van der Waals surface area contributed by atoms with Crippen molar-refractivity contribution in [3.05, 3.63) is 59.2 Å². The van der Waals surface area contributed by atoms with E-state index in [0.717, 1.165) is 16.8 Å². The lowest BCUT2D eigenvalue weighted by Crippen LogP contribution is -2.27. The second kappa shape index (κ2) is 7.18. The molecule has 0 saturated carbocycles. The van der Waals surface area contributed by atoms with E-state index in [1.807, 2.05) is 56.3 Å². The van der Waals surface area contributed by atoms with Gasteiger partial charge in [0.25, 0.3) is 0 Å². The molecule has 0 aromatic heterocycles. The lowest BCUT2D eigenvalue weighted by Gasteiger charge is -2.20. The Balaban J connectivity index is 1.69. The molecule has 1 saturated heterocycles. The third-order valence-corrected chi connectivity index (χ3v) is 5.04. The minimum Gasteiger partial charge on any atom is -0.426 e. The van der Waals surface area contributed by atoms with E-state index >= 15 is 0 Å². The summed E-state index contributed by atoms with van der Waals surface area (Å²) in [6.07, 6.45) is 0.187. The molecule has 0 aliphatic carbocycles. The number of nitrogens with zero attached hydrogens (tertiary/aromatic N) is 1. The zero-order chi connectivity index (χ0) is 19.8.